The first-order valence-electron chi connectivity index (χ1n) is 6.54. The Kier molecular flexibility index (Phi) is 6.08. The first-order valence-corrected chi connectivity index (χ1v) is 6.54. The highest BCUT2D eigenvalue weighted by molar-refractivity contribution is 5.75. The second kappa shape index (κ2) is 7.56. The number of aliphatic carboxylic acids is 1. The zero-order valence-electron chi connectivity index (χ0n) is 11.7. The molecule has 8 nitrogen and oxygen atoms in total. The molecule has 1 saturated heterocycles. The molecule has 1 heterocycles. The van der Waals surface area contributed by atoms with E-state index >= 15 is 0 Å². The Hall–Kier alpha value is -1.99. The van der Waals surface area contributed by atoms with Crippen LogP contribution in [0.5, 0.6) is 0 Å². The average molecular weight is 287 g/mol. The van der Waals surface area contributed by atoms with Gasteiger partial charge in [-0.05, 0) is 12.8 Å². The van der Waals surface area contributed by atoms with Crippen molar-refractivity contribution < 1.29 is 24.2 Å². The van der Waals surface area contributed by atoms with Crippen molar-refractivity contribution in [2.75, 3.05) is 26.7 Å². The summed E-state index contributed by atoms with van der Waals surface area (Å²) in [7, 11) is 1.29. The molecule has 8 heteroatoms. The van der Waals surface area contributed by atoms with Crippen molar-refractivity contribution in [3.63, 3.8) is 0 Å². The van der Waals surface area contributed by atoms with Crippen molar-refractivity contribution in [2.45, 2.75) is 25.8 Å². The van der Waals surface area contributed by atoms with Crippen LogP contribution in [-0.2, 0) is 9.53 Å². The highest BCUT2D eigenvalue weighted by Gasteiger charge is 2.27. The fourth-order valence-corrected chi connectivity index (χ4v) is 1.92. The summed E-state index contributed by atoms with van der Waals surface area (Å²) in [6.45, 7) is 2.89. The molecule has 2 unspecified atom stereocenters. The van der Waals surface area contributed by atoms with Gasteiger partial charge in [-0.15, -0.1) is 0 Å². The van der Waals surface area contributed by atoms with Crippen LogP contribution >= 0.6 is 0 Å². The second-order valence-corrected chi connectivity index (χ2v) is 4.83. The zero-order valence-corrected chi connectivity index (χ0v) is 11.7. The van der Waals surface area contributed by atoms with Crippen molar-refractivity contribution in [1.29, 1.82) is 0 Å². The largest absolute Gasteiger partial charge is 0.481 e. The third-order valence-electron chi connectivity index (χ3n) is 3.26. The van der Waals surface area contributed by atoms with Crippen LogP contribution in [0.25, 0.3) is 0 Å². The highest BCUT2D eigenvalue weighted by atomic mass is 16.5. The summed E-state index contributed by atoms with van der Waals surface area (Å²) in [5.41, 5.74) is 0. The van der Waals surface area contributed by atoms with E-state index in [-0.39, 0.29) is 12.1 Å². The van der Waals surface area contributed by atoms with Crippen molar-refractivity contribution in [3.05, 3.63) is 0 Å². The van der Waals surface area contributed by atoms with Gasteiger partial charge in [0.2, 0.25) is 0 Å². The number of carboxylic acids is 1. The van der Waals surface area contributed by atoms with Crippen LogP contribution in [0, 0.1) is 5.92 Å². The third-order valence-corrected chi connectivity index (χ3v) is 3.26. The molecular weight excluding hydrogens is 266 g/mol. The lowest BCUT2D eigenvalue weighted by Gasteiger charge is -2.18. The van der Waals surface area contributed by atoms with Crippen LogP contribution in [0.2, 0.25) is 0 Å². The minimum Gasteiger partial charge on any atom is -0.481 e. The van der Waals surface area contributed by atoms with E-state index in [0.717, 1.165) is 0 Å². The Morgan fingerprint density at radius 1 is 1.45 bits per heavy atom. The van der Waals surface area contributed by atoms with Gasteiger partial charge in [-0.25, -0.2) is 9.59 Å². The van der Waals surface area contributed by atoms with Gasteiger partial charge in [0.15, 0.2) is 0 Å². The van der Waals surface area contributed by atoms with E-state index in [9.17, 15) is 14.4 Å². The molecule has 0 spiro atoms. The number of nitrogens with zero attached hydrogens (tertiary/aromatic N) is 1. The molecule has 0 aromatic rings. The maximum absolute atomic E-state index is 11.8. The lowest BCUT2D eigenvalue weighted by Crippen LogP contribution is -2.42. The number of alkyl carbamates (subject to hydrolysis) is 1. The Morgan fingerprint density at radius 3 is 2.75 bits per heavy atom. The Bertz CT molecular complexity index is 374. The summed E-state index contributed by atoms with van der Waals surface area (Å²) in [5.74, 6) is -1.36. The second-order valence-electron chi connectivity index (χ2n) is 4.83. The molecule has 0 saturated carbocycles. The van der Waals surface area contributed by atoms with E-state index in [2.05, 4.69) is 15.4 Å². The Balaban J connectivity index is 2.25. The average Bonchev–Trinajstić information content (AvgIpc) is 2.86. The third kappa shape index (κ3) is 4.94. The molecular formula is C12H21N3O5. The maximum atomic E-state index is 11.8. The lowest BCUT2D eigenvalue weighted by molar-refractivity contribution is -0.141. The van der Waals surface area contributed by atoms with Crippen LogP contribution in [0.4, 0.5) is 9.59 Å². The number of methoxy groups -OCH3 is 1. The van der Waals surface area contributed by atoms with Crippen LogP contribution < -0.4 is 10.6 Å². The standard InChI is InChI=1S/C12H21N3O5/c1-8(10(16)17)3-5-13-11(18)15-6-4-9(7-15)14-12(19)20-2/h8-9H,3-7H2,1-2H3,(H,13,18)(H,14,19)(H,16,17). The molecule has 1 rings (SSSR count). The Morgan fingerprint density at radius 2 is 2.15 bits per heavy atom. The maximum Gasteiger partial charge on any atom is 0.407 e. The first kappa shape index (κ1) is 16.1. The molecule has 1 aliphatic heterocycles. The molecule has 0 bridgehead atoms. The van der Waals surface area contributed by atoms with Gasteiger partial charge >= 0.3 is 18.1 Å². The summed E-state index contributed by atoms with van der Waals surface area (Å²) in [6, 6.07) is -0.345. The minimum absolute atomic E-state index is 0.105. The van der Waals surface area contributed by atoms with Crippen LogP contribution in [0.1, 0.15) is 19.8 Å². The van der Waals surface area contributed by atoms with Gasteiger partial charge in [0.05, 0.1) is 19.1 Å². The summed E-state index contributed by atoms with van der Waals surface area (Å²) >= 11 is 0. The molecule has 114 valence electrons. The van der Waals surface area contributed by atoms with Gasteiger partial charge in [-0.2, -0.15) is 0 Å². The molecule has 0 aliphatic carbocycles. The SMILES string of the molecule is COC(=O)NC1CCN(C(=O)NCCC(C)C(=O)O)C1. The number of likely N-dealkylation sites (tertiary alicyclic amines) is 1. The summed E-state index contributed by atoms with van der Waals surface area (Å²) < 4.78 is 4.50. The van der Waals surface area contributed by atoms with E-state index in [1.807, 2.05) is 0 Å². The predicted octanol–water partition coefficient (Wildman–Crippen LogP) is 0.237. The van der Waals surface area contributed by atoms with Crippen LogP contribution in [-0.4, -0.2) is 60.9 Å². The molecule has 20 heavy (non-hydrogen) atoms. The molecule has 0 aromatic heterocycles. The molecule has 3 N–H and O–H groups in total. The monoisotopic (exact) mass is 287 g/mol. The summed E-state index contributed by atoms with van der Waals surface area (Å²) in [4.78, 5) is 35.1. The number of amides is 3. The van der Waals surface area contributed by atoms with Gasteiger partial charge in [0.1, 0.15) is 0 Å². The normalized spacial score (nSPS) is 19.3. The van der Waals surface area contributed by atoms with E-state index < -0.39 is 18.0 Å². The number of urea groups is 1. The van der Waals surface area contributed by atoms with Gasteiger partial charge in [-0.1, -0.05) is 6.92 Å². The summed E-state index contributed by atoms with van der Waals surface area (Å²) in [6.07, 6.45) is 0.555. The van der Waals surface area contributed by atoms with Crippen LogP contribution in [0.3, 0.4) is 0 Å². The quantitative estimate of drug-likeness (QED) is 0.671. The smallest absolute Gasteiger partial charge is 0.407 e. The van der Waals surface area contributed by atoms with Crippen molar-refractivity contribution in [3.8, 4) is 0 Å². The number of carbonyl (C=O) groups excluding carboxylic acids is 2. The van der Waals surface area contributed by atoms with Crippen LogP contribution in [0.15, 0.2) is 0 Å². The number of nitrogens with one attached hydrogen (secondary N) is 2. The minimum atomic E-state index is -0.872. The summed E-state index contributed by atoms with van der Waals surface area (Å²) in [5, 5.41) is 14.0. The molecule has 0 aromatic carbocycles. The number of carboxylic acid groups (broad SMARTS) is 1. The number of ether oxygens (including phenoxy) is 1. The fraction of sp³-hybridized carbons (Fsp3) is 0.750. The molecule has 2 atom stereocenters. The predicted molar refractivity (Wildman–Crippen MR) is 70.3 cm³/mol. The van der Waals surface area contributed by atoms with Crippen molar-refractivity contribution in [2.24, 2.45) is 5.92 Å². The number of rotatable bonds is 5. The van der Waals surface area contributed by atoms with Gasteiger partial charge in [-0.3, -0.25) is 4.79 Å². The lowest BCUT2D eigenvalue weighted by atomic mass is 10.1. The van der Waals surface area contributed by atoms with Crippen molar-refractivity contribution >= 4 is 18.1 Å². The van der Waals surface area contributed by atoms with Gasteiger partial charge in [0, 0.05) is 19.6 Å². The molecule has 0 radical (unpaired) electrons. The first-order chi connectivity index (χ1) is 9.43. The Labute approximate surface area is 117 Å². The van der Waals surface area contributed by atoms with E-state index in [0.29, 0.717) is 32.5 Å². The van der Waals surface area contributed by atoms with E-state index in [1.165, 1.54) is 7.11 Å². The topological polar surface area (TPSA) is 108 Å². The number of hydrogen-bond acceptors (Lipinski definition) is 4. The molecule has 1 fully saturated rings. The van der Waals surface area contributed by atoms with E-state index in [4.69, 9.17) is 5.11 Å². The fourth-order valence-electron chi connectivity index (χ4n) is 1.92. The van der Waals surface area contributed by atoms with E-state index in [1.54, 1.807) is 11.8 Å². The zero-order chi connectivity index (χ0) is 15.1. The highest BCUT2D eigenvalue weighted by Crippen LogP contribution is 2.09. The van der Waals surface area contributed by atoms with Gasteiger partial charge in [0.25, 0.3) is 0 Å². The number of hydrogen-bond donors (Lipinski definition) is 3. The van der Waals surface area contributed by atoms with Gasteiger partial charge < -0.3 is 25.4 Å². The molecule has 1 aliphatic rings. The van der Waals surface area contributed by atoms with Crippen molar-refractivity contribution in [1.82, 2.24) is 15.5 Å². The number of carbonyl (C=O) groups is 3. The molecule has 3 amide bonds.